The number of anilines is 1. The first kappa shape index (κ1) is 19.6. The van der Waals surface area contributed by atoms with Gasteiger partial charge in [-0.2, -0.15) is 22.7 Å². The molecule has 0 spiro atoms. The number of hydrogen-bond donors (Lipinski definition) is 1. The molecule has 1 N–H and O–H groups in total. The van der Waals surface area contributed by atoms with Gasteiger partial charge in [0.25, 0.3) is 11.7 Å². The zero-order chi connectivity index (χ0) is 21.5. The second kappa shape index (κ2) is 7.29. The summed E-state index contributed by atoms with van der Waals surface area (Å²) in [6.45, 7) is 3.76. The molecule has 3 heterocycles. The van der Waals surface area contributed by atoms with Gasteiger partial charge in [0.15, 0.2) is 11.5 Å². The second-order valence-corrected chi connectivity index (χ2v) is 6.57. The first-order valence-corrected chi connectivity index (χ1v) is 9.06. The Morgan fingerprint density at radius 3 is 2.67 bits per heavy atom. The van der Waals surface area contributed by atoms with Crippen LogP contribution in [0.2, 0.25) is 0 Å². The monoisotopic (exact) mass is 415 g/mol. The van der Waals surface area contributed by atoms with Gasteiger partial charge < -0.3 is 9.73 Å². The highest BCUT2D eigenvalue weighted by atomic mass is 19.4. The fourth-order valence-electron chi connectivity index (χ4n) is 3.09. The van der Waals surface area contributed by atoms with Gasteiger partial charge in [-0.3, -0.25) is 4.79 Å². The maximum Gasteiger partial charge on any atom is 0.433 e. The van der Waals surface area contributed by atoms with Gasteiger partial charge in [0.2, 0.25) is 5.82 Å². The van der Waals surface area contributed by atoms with Crippen molar-refractivity contribution in [2.75, 3.05) is 5.32 Å². The highest BCUT2D eigenvalue weighted by Crippen LogP contribution is 2.32. The van der Waals surface area contributed by atoms with E-state index in [4.69, 9.17) is 4.42 Å². The number of halogens is 3. The van der Waals surface area contributed by atoms with Crippen molar-refractivity contribution in [1.82, 2.24) is 19.6 Å². The topological polar surface area (TPSA) is 85.3 Å². The van der Waals surface area contributed by atoms with Crippen molar-refractivity contribution < 1.29 is 22.4 Å². The van der Waals surface area contributed by atoms with Gasteiger partial charge in [0, 0.05) is 5.69 Å². The molecular formula is C20H16F3N5O2. The van der Waals surface area contributed by atoms with Gasteiger partial charge in [-0.15, -0.1) is 5.10 Å². The Kier molecular flexibility index (Phi) is 4.76. The van der Waals surface area contributed by atoms with Crippen molar-refractivity contribution in [2.45, 2.75) is 26.4 Å². The van der Waals surface area contributed by atoms with Gasteiger partial charge in [0.1, 0.15) is 5.69 Å². The van der Waals surface area contributed by atoms with Crippen molar-refractivity contribution in [3.63, 3.8) is 0 Å². The van der Waals surface area contributed by atoms with Crippen molar-refractivity contribution in [3.05, 3.63) is 65.3 Å². The molecule has 0 fully saturated rings. The molecule has 0 unspecified atom stereocenters. The normalized spacial score (nSPS) is 11.8. The SMILES string of the molecule is CCc1cccc(C)c1NC(=O)c1nc2nc(-c3ccco3)cc(C(F)(F)F)n2n1. The fourth-order valence-corrected chi connectivity index (χ4v) is 3.09. The van der Waals surface area contributed by atoms with Crippen LogP contribution >= 0.6 is 0 Å². The first-order chi connectivity index (χ1) is 14.3. The molecule has 154 valence electrons. The molecule has 0 radical (unpaired) electrons. The van der Waals surface area contributed by atoms with E-state index in [-0.39, 0.29) is 17.2 Å². The predicted molar refractivity (Wildman–Crippen MR) is 102 cm³/mol. The minimum Gasteiger partial charge on any atom is -0.463 e. The summed E-state index contributed by atoms with van der Waals surface area (Å²) >= 11 is 0. The quantitative estimate of drug-likeness (QED) is 0.530. The molecule has 10 heteroatoms. The molecule has 0 bridgehead atoms. The van der Waals surface area contributed by atoms with E-state index < -0.39 is 23.6 Å². The Labute approximate surface area is 168 Å². The number of rotatable bonds is 4. The van der Waals surface area contributed by atoms with Crippen LogP contribution in [0.5, 0.6) is 0 Å². The number of carbonyl (C=O) groups is 1. The zero-order valence-electron chi connectivity index (χ0n) is 16.0. The standard InChI is InChI=1S/C20H16F3N5O2/c1-3-12-7-4-6-11(2)16(12)25-18(29)17-26-19-24-13(14-8-5-9-30-14)10-15(20(21,22)23)28(19)27-17/h4-10H,3H2,1-2H3,(H,25,29). The number of carbonyl (C=O) groups excluding carboxylic acids is 1. The molecule has 1 aromatic carbocycles. The lowest BCUT2D eigenvalue weighted by atomic mass is 10.1. The van der Waals surface area contributed by atoms with Crippen molar-refractivity contribution in [1.29, 1.82) is 0 Å². The minimum atomic E-state index is -4.74. The maximum absolute atomic E-state index is 13.6. The van der Waals surface area contributed by atoms with Crippen LogP contribution in [0.1, 0.15) is 34.4 Å². The number of aromatic nitrogens is 4. The van der Waals surface area contributed by atoms with E-state index in [0.717, 1.165) is 17.2 Å². The van der Waals surface area contributed by atoms with Gasteiger partial charge in [0.05, 0.1) is 6.26 Å². The molecular weight excluding hydrogens is 399 g/mol. The summed E-state index contributed by atoms with van der Waals surface area (Å²) in [6.07, 6.45) is -2.75. The molecule has 1 amide bonds. The maximum atomic E-state index is 13.6. The molecule has 0 saturated carbocycles. The Balaban J connectivity index is 1.79. The number of benzene rings is 1. The summed E-state index contributed by atoms with van der Waals surface area (Å²) in [6, 6.07) is 9.36. The fraction of sp³-hybridized carbons (Fsp3) is 0.200. The van der Waals surface area contributed by atoms with Crippen LogP contribution in [0.15, 0.2) is 47.1 Å². The summed E-state index contributed by atoms with van der Waals surface area (Å²) in [7, 11) is 0. The number of amides is 1. The van der Waals surface area contributed by atoms with E-state index in [0.29, 0.717) is 16.6 Å². The van der Waals surface area contributed by atoms with Crippen LogP contribution in [0.25, 0.3) is 17.2 Å². The number of fused-ring (bicyclic) bond motifs is 1. The molecule has 4 aromatic rings. The van der Waals surface area contributed by atoms with Crippen LogP contribution in [0, 0.1) is 6.92 Å². The van der Waals surface area contributed by atoms with Crippen LogP contribution in [0.4, 0.5) is 18.9 Å². The van der Waals surface area contributed by atoms with Gasteiger partial charge in [-0.05, 0) is 42.7 Å². The number of hydrogen-bond acceptors (Lipinski definition) is 5. The van der Waals surface area contributed by atoms with Crippen LogP contribution in [-0.4, -0.2) is 25.5 Å². The van der Waals surface area contributed by atoms with E-state index in [1.807, 2.05) is 32.0 Å². The molecule has 0 saturated heterocycles. The summed E-state index contributed by atoms with van der Waals surface area (Å²) < 4.78 is 46.5. The number of furan rings is 1. The Morgan fingerprint density at radius 1 is 1.20 bits per heavy atom. The summed E-state index contributed by atoms with van der Waals surface area (Å²) in [5.41, 5.74) is 1.12. The van der Waals surface area contributed by atoms with Crippen LogP contribution in [-0.2, 0) is 12.6 Å². The smallest absolute Gasteiger partial charge is 0.433 e. The highest BCUT2D eigenvalue weighted by Gasteiger charge is 2.36. The lowest BCUT2D eigenvalue weighted by Gasteiger charge is -2.11. The minimum absolute atomic E-state index is 0.0636. The van der Waals surface area contributed by atoms with Gasteiger partial charge in [-0.1, -0.05) is 25.1 Å². The third-order valence-corrected chi connectivity index (χ3v) is 4.56. The molecule has 0 aliphatic carbocycles. The zero-order valence-corrected chi connectivity index (χ0v) is 16.0. The van der Waals surface area contributed by atoms with Crippen molar-refractivity contribution >= 4 is 17.4 Å². The van der Waals surface area contributed by atoms with E-state index >= 15 is 0 Å². The average molecular weight is 415 g/mol. The highest BCUT2D eigenvalue weighted by molar-refractivity contribution is 6.02. The van der Waals surface area contributed by atoms with E-state index in [9.17, 15) is 18.0 Å². The summed E-state index contributed by atoms with van der Waals surface area (Å²) in [4.78, 5) is 20.7. The number of alkyl halides is 3. The van der Waals surface area contributed by atoms with Gasteiger partial charge >= 0.3 is 6.18 Å². The second-order valence-electron chi connectivity index (χ2n) is 6.57. The molecule has 0 aliphatic rings. The predicted octanol–water partition coefficient (Wildman–Crippen LogP) is 4.53. The van der Waals surface area contributed by atoms with E-state index in [1.165, 1.54) is 18.4 Å². The van der Waals surface area contributed by atoms with Crippen molar-refractivity contribution in [3.8, 4) is 11.5 Å². The van der Waals surface area contributed by atoms with Crippen molar-refractivity contribution in [2.24, 2.45) is 0 Å². The molecule has 30 heavy (non-hydrogen) atoms. The molecule has 0 aliphatic heterocycles. The van der Waals surface area contributed by atoms with Crippen LogP contribution < -0.4 is 5.32 Å². The Hall–Kier alpha value is -3.69. The van der Waals surface area contributed by atoms with Crippen LogP contribution in [0.3, 0.4) is 0 Å². The molecule has 7 nitrogen and oxygen atoms in total. The van der Waals surface area contributed by atoms with Gasteiger partial charge in [-0.25, -0.2) is 4.98 Å². The number of para-hydroxylation sites is 1. The Morgan fingerprint density at radius 2 is 2.00 bits per heavy atom. The third kappa shape index (κ3) is 3.51. The summed E-state index contributed by atoms with van der Waals surface area (Å²) in [5.74, 6) is -1.36. The van der Waals surface area contributed by atoms with E-state index in [1.54, 1.807) is 0 Å². The lowest BCUT2D eigenvalue weighted by molar-refractivity contribution is -0.142. The van der Waals surface area contributed by atoms with E-state index in [2.05, 4.69) is 20.4 Å². The third-order valence-electron chi connectivity index (χ3n) is 4.56. The largest absolute Gasteiger partial charge is 0.463 e. The Bertz CT molecular complexity index is 1230. The molecule has 0 atom stereocenters. The number of nitrogens with one attached hydrogen (secondary N) is 1. The summed E-state index contributed by atoms with van der Waals surface area (Å²) in [5, 5.41) is 6.47. The lowest BCUT2D eigenvalue weighted by Crippen LogP contribution is -2.17. The molecule has 3 aromatic heterocycles. The number of aryl methyl sites for hydroxylation is 2. The molecule has 4 rings (SSSR count). The average Bonchev–Trinajstić information content (AvgIpc) is 3.37. The number of nitrogens with zero attached hydrogens (tertiary/aromatic N) is 4. The first-order valence-electron chi connectivity index (χ1n) is 9.06.